The summed E-state index contributed by atoms with van der Waals surface area (Å²) in [6.07, 6.45) is 0.907. The highest BCUT2D eigenvalue weighted by molar-refractivity contribution is 8.00. The fourth-order valence-corrected chi connectivity index (χ4v) is 4.10. The molecule has 15 heavy (non-hydrogen) atoms. The van der Waals surface area contributed by atoms with Crippen LogP contribution in [0.2, 0.25) is 0 Å². The van der Waals surface area contributed by atoms with Crippen molar-refractivity contribution >= 4 is 27.8 Å². The summed E-state index contributed by atoms with van der Waals surface area (Å²) < 4.78 is 24.5. The molecule has 1 aliphatic rings. The molecule has 1 atom stereocenters. The fraction of sp³-hybridized carbons (Fsp3) is 0.875. The molecule has 0 radical (unpaired) electrons. The van der Waals surface area contributed by atoms with Gasteiger partial charge in [-0.1, -0.05) is 6.92 Å². The van der Waals surface area contributed by atoms with E-state index in [1.807, 2.05) is 6.92 Å². The summed E-state index contributed by atoms with van der Waals surface area (Å²) in [5, 5.41) is 8.79. The molecule has 5 nitrogen and oxygen atoms in total. The molecule has 1 N–H and O–H groups in total. The first-order valence-electron chi connectivity index (χ1n) is 4.77. The van der Waals surface area contributed by atoms with Gasteiger partial charge >= 0.3 is 5.97 Å². The number of hydrogen-bond acceptors (Lipinski definition) is 4. The van der Waals surface area contributed by atoms with Crippen molar-refractivity contribution in [2.45, 2.75) is 18.6 Å². The Morgan fingerprint density at radius 3 is 2.80 bits per heavy atom. The molecule has 7 heteroatoms. The Balaban J connectivity index is 2.66. The third kappa shape index (κ3) is 3.66. The number of thioether (sulfide) groups is 1. The monoisotopic (exact) mass is 253 g/mol. The van der Waals surface area contributed by atoms with Crippen LogP contribution in [0.5, 0.6) is 0 Å². The smallest absolute Gasteiger partial charge is 0.320 e. The standard InChI is InChI=1S/C8H15NO4S2/c1-2-7-5-9(3-4-14-7)15(12,13)6-8(10)11/h7H,2-6H2,1H3,(H,10,11). The Labute approximate surface area is 93.9 Å². The van der Waals surface area contributed by atoms with Gasteiger partial charge in [-0.25, -0.2) is 8.42 Å². The topological polar surface area (TPSA) is 74.7 Å². The van der Waals surface area contributed by atoms with Crippen molar-refractivity contribution in [3.63, 3.8) is 0 Å². The maximum absolute atomic E-state index is 11.6. The molecule has 0 bridgehead atoms. The number of hydrogen-bond donors (Lipinski definition) is 1. The van der Waals surface area contributed by atoms with E-state index in [-0.39, 0.29) is 0 Å². The molecule has 1 unspecified atom stereocenters. The number of aliphatic carboxylic acids is 1. The van der Waals surface area contributed by atoms with Gasteiger partial charge in [0, 0.05) is 24.1 Å². The largest absolute Gasteiger partial charge is 0.480 e. The Morgan fingerprint density at radius 2 is 2.27 bits per heavy atom. The van der Waals surface area contributed by atoms with Gasteiger partial charge in [-0.3, -0.25) is 4.79 Å². The summed E-state index contributed by atoms with van der Waals surface area (Å²) in [5.74, 6) is -1.34. The molecule has 0 amide bonds. The van der Waals surface area contributed by atoms with Crippen molar-refractivity contribution in [2.24, 2.45) is 0 Å². The van der Waals surface area contributed by atoms with Gasteiger partial charge in [0.25, 0.3) is 0 Å². The van der Waals surface area contributed by atoms with Crippen LogP contribution in [0.15, 0.2) is 0 Å². The summed E-state index contributed by atoms with van der Waals surface area (Å²) in [6.45, 7) is 2.87. The summed E-state index contributed by atoms with van der Waals surface area (Å²) in [6, 6.07) is 0. The van der Waals surface area contributed by atoms with Crippen LogP contribution in [0, 0.1) is 0 Å². The normalized spacial score (nSPS) is 23.9. The molecular weight excluding hydrogens is 238 g/mol. The van der Waals surface area contributed by atoms with E-state index in [0.717, 1.165) is 12.2 Å². The van der Waals surface area contributed by atoms with Crippen LogP contribution in [0.1, 0.15) is 13.3 Å². The van der Waals surface area contributed by atoms with E-state index >= 15 is 0 Å². The minimum Gasteiger partial charge on any atom is -0.480 e. The molecule has 0 saturated carbocycles. The lowest BCUT2D eigenvalue weighted by molar-refractivity contribution is -0.134. The Kier molecular flexibility index (Phi) is 4.42. The average molecular weight is 253 g/mol. The van der Waals surface area contributed by atoms with Gasteiger partial charge in [-0.15, -0.1) is 0 Å². The second-order valence-electron chi connectivity index (χ2n) is 3.41. The van der Waals surface area contributed by atoms with Crippen LogP contribution in [0.3, 0.4) is 0 Å². The second kappa shape index (κ2) is 5.18. The lowest BCUT2D eigenvalue weighted by atomic mass is 10.3. The van der Waals surface area contributed by atoms with Gasteiger partial charge in [-0.2, -0.15) is 16.1 Å². The average Bonchev–Trinajstić information content (AvgIpc) is 2.16. The highest BCUT2D eigenvalue weighted by atomic mass is 32.2. The van der Waals surface area contributed by atoms with E-state index in [2.05, 4.69) is 0 Å². The van der Waals surface area contributed by atoms with E-state index in [0.29, 0.717) is 18.3 Å². The number of carboxylic acids is 1. The van der Waals surface area contributed by atoms with Gasteiger partial charge in [0.15, 0.2) is 5.75 Å². The summed E-state index contributed by atoms with van der Waals surface area (Å²) >= 11 is 1.75. The first-order chi connectivity index (χ1) is 6.95. The zero-order valence-electron chi connectivity index (χ0n) is 8.55. The summed E-state index contributed by atoms with van der Waals surface area (Å²) in [5.41, 5.74) is 0. The Hall–Kier alpha value is -0.270. The number of carbonyl (C=O) groups is 1. The highest BCUT2D eigenvalue weighted by Gasteiger charge is 2.29. The molecule has 0 aliphatic carbocycles. The third-order valence-corrected chi connectivity index (χ3v) is 5.36. The fourth-order valence-electron chi connectivity index (χ4n) is 1.44. The molecule has 0 aromatic carbocycles. The molecule has 1 heterocycles. The summed E-state index contributed by atoms with van der Waals surface area (Å²) in [7, 11) is -3.61. The molecule has 88 valence electrons. The quantitative estimate of drug-likeness (QED) is 0.776. The lowest BCUT2D eigenvalue weighted by Gasteiger charge is -2.30. The summed E-state index contributed by atoms with van der Waals surface area (Å²) in [4.78, 5) is 10.4. The van der Waals surface area contributed by atoms with Crippen molar-refractivity contribution in [1.82, 2.24) is 4.31 Å². The first-order valence-corrected chi connectivity index (χ1v) is 7.42. The van der Waals surface area contributed by atoms with Crippen molar-refractivity contribution in [2.75, 3.05) is 24.6 Å². The zero-order chi connectivity index (χ0) is 11.5. The van der Waals surface area contributed by atoms with Crippen molar-refractivity contribution in [3.05, 3.63) is 0 Å². The highest BCUT2D eigenvalue weighted by Crippen LogP contribution is 2.22. The minimum absolute atomic E-state index is 0.294. The predicted molar refractivity (Wildman–Crippen MR) is 59.5 cm³/mol. The van der Waals surface area contributed by atoms with Crippen LogP contribution in [0.4, 0.5) is 0 Å². The van der Waals surface area contributed by atoms with Crippen LogP contribution in [0.25, 0.3) is 0 Å². The third-order valence-electron chi connectivity index (χ3n) is 2.26. The van der Waals surface area contributed by atoms with E-state index in [9.17, 15) is 13.2 Å². The van der Waals surface area contributed by atoms with Crippen molar-refractivity contribution in [1.29, 1.82) is 0 Å². The van der Waals surface area contributed by atoms with Gasteiger partial charge < -0.3 is 5.11 Å². The number of nitrogens with zero attached hydrogens (tertiary/aromatic N) is 1. The number of rotatable bonds is 4. The molecule has 1 saturated heterocycles. The molecule has 0 aromatic heterocycles. The van der Waals surface area contributed by atoms with E-state index in [4.69, 9.17) is 5.11 Å². The van der Waals surface area contributed by atoms with Crippen molar-refractivity contribution < 1.29 is 18.3 Å². The van der Waals surface area contributed by atoms with Gasteiger partial charge in [0.05, 0.1) is 0 Å². The molecule has 1 fully saturated rings. The first kappa shape index (κ1) is 12.8. The van der Waals surface area contributed by atoms with Crippen LogP contribution < -0.4 is 0 Å². The van der Waals surface area contributed by atoms with Crippen LogP contribution in [-0.4, -0.2) is 53.6 Å². The lowest BCUT2D eigenvalue weighted by Crippen LogP contribution is -2.43. The minimum atomic E-state index is -3.61. The van der Waals surface area contributed by atoms with Gasteiger partial charge in [-0.05, 0) is 6.42 Å². The van der Waals surface area contributed by atoms with Crippen LogP contribution in [-0.2, 0) is 14.8 Å². The molecular formula is C8H15NO4S2. The van der Waals surface area contributed by atoms with E-state index in [1.54, 1.807) is 11.8 Å². The Bertz CT molecular complexity index is 328. The number of sulfonamides is 1. The van der Waals surface area contributed by atoms with Crippen LogP contribution >= 0.6 is 11.8 Å². The molecule has 0 aromatic rings. The Morgan fingerprint density at radius 1 is 1.60 bits per heavy atom. The molecule has 1 aliphatic heterocycles. The van der Waals surface area contributed by atoms with Gasteiger partial charge in [0.1, 0.15) is 0 Å². The predicted octanol–water partition coefficient (Wildman–Crippen LogP) is 0.228. The van der Waals surface area contributed by atoms with Gasteiger partial charge in [0.2, 0.25) is 10.0 Å². The molecule has 1 rings (SSSR count). The SMILES string of the molecule is CCC1CN(S(=O)(=O)CC(=O)O)CCS1. The molecule has 0 spiro atoms. The number of carboxylic acid groups (broad SMARTS) is 1. The second-order valence-corrected chi connectivity index (χ2v) is 6.79. The van der Waals surface area contributed by atoms with E-state index in [1.165, 1.54) is 4.31 Å². The zero-order valence-corrected chi connectivity index (χ0v) is 10.2. The maximum atomic E-state index is 11.6. The van der Waals surface area contributed by atoms with E-state index < -0.39 is 21.7 Å². The van der Waals surface area contributed by atoms with Crippen molar-refractivity contribution in [3.8, 4) is 0 Å². The maximum Gasteiger partial charge on any atom is 0.320 e.